The smallest absolute Gasteiger partial charge is 0.143 e. The van der Waals surface area contributed by atoms with Gasteiger partial charge in [-0.05, 0) is 36.6 Å². The van der Waals surface area contributed by atoms with E-state index in [0.717, 1.165) is 24.4 Å². The normalized spacial score (nSPS) is 14.1. The number of nitrogens with zero attached hydrogens (tertiary/aromatic N) is 1. The van der Waals surface area contributed by atoms with Crippen molar-refractivity contribution in [2.45, 2.75) is 12.8 Å². The summed E-state index contributed by atoms with van der Waals surface area (Å²) in [5, 5.41) is 0. The first-order valence-corrected chi connectivity index (χ1v) is 6.58. The van der Waals surface area contributed by atoms with Crippen LogP contribution >= 0.6 is 0 Å². The third kappa shape index (κ3) is 2.12. The minimum absolute atomic E-state index is 0.677. The maximum Gasteiger partial charge on any atom is 0.143 e. The van der Waals surface area contributed by atoms with Gasteiger partial charge in [-0.25, -0.2) is 0 Å². The quantitative estimate of drug-likeness (QED) is 0.835. The number of benzene rings is 2. The van der Waals surface area contributed by atoms with E-state index in [1.165, 1.54) is 17.7 Å². The topological polar surface area (TPSA) is 38.5 Å². The minimum Gasteiger partial charge on any atom is -0.495 e. The van der Waals surface area contributed by atoms with E-state index in [-0.39, 0.29) is 0 Å². The molecule has 0 spiro atoms. The molecule has 0 aliphatic carbocycles. The van der Waals surface area contributed by atoms with Crippen molar-refractivity contribution in [1.82, 2.24) is 0 Å². The van der Waals surface area contributed by atoms with Gasteiger partial charge in [0.15, 0.2) is 0 Å². The first-order valence-electron chi connectivity index (χ1n) is 6.58. The molecular weight excluding hydrogens is 236 g/mol. The van der Waals surface area contributed by atoms with Gasteiger partial charge in [0.1, 0.15) is 5.75 Å². The molecule has 0 saturated carbocycles. The van der Waals surface area contributed by atoms with Crippen LogP contribution in [-0.2, 0) is 6.42 Å². The van der Waals surface area contributed by atoms with Crippen LogP contribution in [0.2, 0.25) is 0 Å². The lowest BCUT2D eigenvalue weighted by atomic mass is 10.0. The Kier molecular flexibility index (Phi) is 3.03. The van der Waals surface area contributed by atoms with Crippen molar-refractivity contribution in [1.29, 1.82) is 0 Å². The fourth-order valence-corrected chi connectivity index (χ4v) is 2.67. The average Bonchev–Trinajstić information content (AvgIpc) is 2.47. The van der Waals surface area contributed by atoms with Gasteiger partial charge in [-0.3, -0.25) is 0 Å². The number of ether oxygens (including phenoxy) is 1. The molecule has 0 amide bonds. The maximum absolute atomic E-state index is 5.88. The number of para-hydroxylation sites is 1. The second-order valence-corrected chi connectivity index (χ2v) is 4.81. The zero-order chi connectivity index (χ0) is 13.2. The number of aryl methyl sites for hydroxylation is 1. The minimum atomic E-state index is 0.677. The van der Waals surface area contributed by atoms with Crippen molar-refractivity contribution in [3.63, 3.8) is 0 Å². The van der Waals surface area contributed by atoms with Crippen LogP contribution in [-0.4, -0.2) is 13.7 Å². The zero-order valence-corrected chi connectivity index (χ0v) is 11.1. The van der Waals surface area contributed by atoms with E-state index in [1.807, 2.05) is 12.1 Å². The van der Waals surface area contributed by atoms with E-state index in [0.29, 0.717) is 5.69 Å². The lowest BCUT2D eigenvalue weighted by Crippen LogP contribution is -2.24. The maximum atomic E-state index is 5.88. The molecule has 2 aromatic carbocycles. The monoisotopic (exact) mass is 254 g/mol. The highest BCUT2D eigenvalue weighted by molar-refractivity contribution is 5.71. The highest BCUT2D eigenvalue weighted by Gasteiger charge is 2.18. The van der Waals surface area contributed by atoms with Crippen LogP contribution < -0.4 is 15.4 Å². The summed E-state index contributed by atoms with van der Waals surface area (Å²) < 4.78 is 5.31. The van der Waals surface area contributed by atoms with Crippen LogP contribution in [0.15, 0.2) is 42.5 Å². The molecule has 1 aliphatic heterocycles. The van der Waals surface area contributed by atoms with Crippen molar-refractivity contribution in [2.75, 3.05) is 24.3 Å². The highest BCUT2D eigenvalue weighted by Crippen LogP contribution is 2.36. The molecule has 3 heteroatoms. The molecule has 0 bridgehead atoms. The fraction of sp³-hybridized carbons (Fsp3) is 0.250. The van der Waals surface area contributed by atoms with Crippen molar-refractivity contribution in [3.05, 3.63) is 48.0 Å². The predicted molar refractivity (Wildman–Crippen MR) is 79.2 cm³/mol. The number of methoxy groups -OCH3 is 1. The van der Waals surface area contributed by atoms with Gasteiger partial charge in [0.25, 0.3) is 0 Å². The standard InChI is InChI=1S/C16H18N2O/c1-19-16-11-13(8-9-14(16)17)18-10-4-6-12-5-2-3-7-15(12)18/h2-3,5,7-9,11H,4,6,10,17H2,1H3. The number of nitrogen functional groups attached to an aromatic ring is 1. The summed E-state index contributed by atoms with van der Waals surface area (Å²) in [7, 11) is 1.65. The Bertz CT molecular complexity index is 595. The molecule has 98 valence electrons. The molecule has 0 unspecified atom stereocenters. The Morgan fingerprint density at radius 1 is 1.16 bits per heavy atom. The van der Waals surface area contributed by atoms with Gasteiger partial charge in [-0.1, -0.05) is 18.2 Å². The molecule has 3 nitrogen and oxygen atoms in total. The summed E-state index contributed by atoms with van der Waals surface area (Å²) in [6.07, 6.45) is 2.32. The predicted octanol–water partition coefficient (Wildman–Crippen LogP) is 3.36. The van der Waals surface area contributed by atoms with Gasteiger partial charge >= 0.3 is 0 Å². The van der Waals surface area contributed by atoms with Gasteiger partial charge in [-0.2, -0.15) is 0 Å². The van der Waals surface area contributed by atoms with Gasteiger partial charge in [0.2, 0.25) is 0 Å². The average molecular weight is 254 g/mol. The second kappa shape index (κ2) is 4.84. The van der Waals surface area contributed by atoms with Crippen LogP contribution in [0.5, 0.6) is 5.75 Å². The number of hydrogen-bond donors (Lipinski definition) is 1. The van der Waals surface area contributed by atoms with Crippen LogP contribution in [0.3, 0.4) is 0 Å². The molecular formula is C16H18N2O. The van der Waals surface area contributed by atoms with Crippen LogP contribution in [0.25, 0.3) is 0 Å². The molecule has 3 rings (SSSR count). The van der Waals surface area contributed by atoms with E-state index >= 15 is 0 Å². The van der Waals surface area contributed by atoms with E-state index in [9.17, 15) is 0 Å². The van der Waals surface area contributed by atoms with Crippen LogP contribution in [0, 0.1) is 0 Å². The zero-order valence-electron chi connectivity index (χ0n) is 11.1. The SMILES string of the molecule is COc1cc(N2CCCc3ccccc32)ccc1N. The molecule has 0 aromatic heterocycles. The Balaban J connectivity index is 2.04. The Morgan fingerprint density at radius 2 is 2.00 bits per heavy atom. The third-order valence-electron chi connectivity index (χ3n) is 3.64. The van der Waals surface area contributed by atoms with Gasteiger partial charge in [0.05, 0.1) is 12.8 Å². The molecule has 1 aliphatic rings. The molecule has 0 saturated heterocycles. The summed E-state index contributed by atoms with van der Waals surface area (Å²) in [6, 6.07) is 14.5. The number of hydrogen-bond acceptors (Lipinski definition) is 3. The number of anilines is 3. The van der Waals surface area contributed by atoms with Crippen molar-refractivity contribution in [2.24, 2.45) is 0 Å². The summed E-state index contributed by atoms with van der Waals surface area (Å²) in [6.45, 7) is 1.03. The molecule has 0 fully saturated rings. The summed E-state index contributed by atoms with van der Waals surface area (Å²) in [4.78, 5) is 2.33. The molecule has 1 heterocycles. The molecule has 2 N–H and O–H groups in total. The van der Waals surface area contributed by atoms with Crippen molar-refractivity contribution >= 4 is 17.1 Å². The third-order valence-corrected chi connectivity index (χ3v) is 3.64. The number of fused-ring (bicyclic) bond motifs is 1. The van der Waals surface area contributed by atoms with Gasteiger partial charge in [-0.15, -0.1) is 0 Å². The van der Waals surface area contributed by atoms with E-state index in [2.05, 4.69) is 35.2 Å². The van der Waals surface area contributed by atoms with Crippen LogP contribution in [0.4, 0.5) is 17.1 Å². The Morgan fingerprint density at radius 3 is 2.84 bits per heavy atom. The lowest BCUT2D eigenvalue weighted by Gasteiger charge is -2.31. The first-order chi connectivity index (χ1) is 9.29. The highest BCUT2D eigenvalue weighted by atomic mass is 16.5. The van der Waals surface area contributed by atoms with Crippen molar-refractivity contribution in [3.8, 4) is 5.75 Å². The van der Waals surface area contributed by atoms with E-state index < -0.39 is 0 Å². The molecule has 0 atom stereocenters. The molecule has 2 aromatic rings. The number of nitrogens with two attached hydrogens (primary N) is 1. The molecule has 0 radical (unpaired) electrons. The number of rotatable bonds is 2. The fourth-order valence-electron chi connectivity index (χ4n) is 2.67. The Labute approximate surface area is 113 Å². The lowest BCUT2D eigenvalue weighted by molar-refractivity contribution is 0.417. The van der Waals surface area contributed by atoms with Gasteiger partial charge in [0, 0.05) is 24.0 Å². The Hall–Kier alpha value is -2.16. The van der Waals surface area contributed by atoms with Crippen molar-refractivity contribution < 1.29 is 4.74 Å². The van der Waals surface area contributed by atoms with E-state index in [4.69, 9.17) is 10.5 Å². The van der Waals surface area contributed by atoms with Crippen LogP contribution in [0.1, 0.15) is 12.0 Å². The van der Waals surface area contributed by atoms with E-state index in [1.54, 1.807) is 7.11 Å². The first kappa shape index (κ1) is 11.9. The summed E-state index contributed by atoms with van der Waals surface area (Å²) >= 11 is 0. The second-order valence-electron chi connectivity index (χ2n) is 4.81. The van der Waals surface area contributed by atoms with Gasteiger partial charge < -0.3 is 15.4 Å². The largest absolute Gasteiger partial charge is 0.495 e. The summed E-state index contributed by atoms with van der Waals surface area (Å²) in [5.41, 5.74) is 10.4. The molecule has 19 heavy (non-hydrogen) atoms. The summed E-state index contributed by atoms with van der Waals surface area (Å²) in [5.74, 6) is 0.737.